The van der Waals surface area contributed by atoms with E-state index in [1.54, 1.807) is 19.2 Å². The Kier molecular flexibility index (Phi) is 6.99. The summed E-state index contributed by atoms with van der Waals surface area (Å²) < 4.78 is 11.3. The van der Waals surface area contributed by atoms with Gasteiger partial charge in [0, 0.05) is 12.5 Å². The number of benzene rings is 1. The van der Waals surface area contributed by atoms with Gasteiger partial charge in [0.15, 0.2) is 0 Å². The van der Waals surface area contributed by atoms with Gasteiger partial charge in [0.2, 0.25) is 5.88 Å². The second-order valence-corrected chi connectivity index (χ2v) is 6.79. The van der Waals surface area contributed by atoms with Crippen molar-refractivity contribution in [2.24, 2.45) is 5.92 Å². The number of pyridine rings is 1. The largest absolute Gasteiger partial charge is 0.475 e. The van der Waals surface area contributed by atoms with Crippen LogP contribution in [0.25, 0.3) is 0 Å². The number of ether oxygens (including phenoxy) is 2. The highest BCUT2D eigenvalue weighted by Gasteiger charge is 2.06. The van der Waals surface area contributed by atoms with Crippen molar-refractivity contribution in [3.8, 4) is 17.4 Å². The molecule has 0 amide bonds. The third kappa shape index (κ3) is 6.96. The molecule has 0 aliphatic rings. The van der Waals surface area contributed by atoms with Crippen molar-refractivity contribution in [3.63, 3.8) is 0 Å². The molecule has 134 valence electrons. The molecule has 0 saturated heterocycles. The fourth-order valence-electron chi connectivity index (χ4n) is 2.60. The van der Waals surface area contributed by atoms with Crippen molar-refractivity contribution in [3.05, 3.63) is 48.2 Å². The Hall–Kier alpha value is -2.36. The molecule has 1 aromatic carbocycles. The van der Waals surface area contributed by atoms with Gasteiger partial charge in [-0.15, -0.1) is 0 Å². The summed E-state index contributed by atoms with van der Waals surface area (Å²) >= 11 is 0. The van der Waals surface area contributed by atoms with Gasteiger partial charge in [-0.3, -0.25) is 0 Å². The minimum atomic E-state index is 0.102. The monoisotopic (exact) mass is 341 g/mol. The molecular formula is C21H27NO3. The Morgan fingerprint density at radius 1 is 1.04 bits per heavy atom. The smallest absolute Gasteiger partial charge is 0.213 e. The van der Waals surface area contributed by atoms with Gasteiger partial charge in [-0.1, -0.05) is 19.1 Å². The van der Waals surface area contributed by atoms with Crippen LogP contribution in [0, 0.1) is 5.92 Å². The third-order valence-corrected chi connectivity index (χ3v) is 3.79. The van der Waals surface area contributed by atoms with Gasteiger partial charge < -0.3 is 14.3 Å². The first-order valence-electron chi connectivity index (χ1n) is 8.81. The number of carbonyl (C=O) groups is 1. The summed E-state index contributed by atoms with van der Waals surface area (Å²) in [4.78, 5) is 15.4. The van der Waals surface area contributed by atoms with Crippen LogP contribution in [0.4, 0.5) is 0 Å². The molecule has 0 radical (unpaired) electrons. The SMILES string of the molecule is CC(=O)C[C@@H](C)CCc1ccc(Oc2ccc(OC(C)C)nc2)cc1. The molecule has 1 atom stereocenters. The third-order valence-electron chi connectivity index (χ3n) is 3.79. The Labute approximate surface area is 150 Å². The molecule has 25 heavy (non-hydrogen) atoms. The van der Waals surface area contributed by atoms with Gasteiger partial charge in [0.05, 0.1) is 12.3 Å². The Balaban J connectivity index is 1.86. The molecule has 0 aliphatic heterocycles. The predicted octanol–water partition coefficient (Wildman–Crippen LogP) is 5.21. The molecule has 0 aliphatic carbocycles. The normalized spacial score (nSPS) is 12.0. The lowest BCUT2D eigenvalue weighted by atomic mass is 9.97. The summed E-state index contributed by atoms with van der Waals surface area (Å²) in [5.74, 6) is 2.73. The molecule has 0 bridgehead atoms. The predicted molar refractivity (Wildman–Crippen MR) is 99.3 cm³/mol. The Bertz CT molecular complexity index is 663. The van der Waals surface area contributed by atoms with Crippen LogP contribution in [-0.4, -0.2) is 16.9 Å². The summed E-state index contributed by atoms with van der Waals surface area (Å²) in [6, 6.07) is 11.7. The molecular weight excluding hydrogens is 314 g/mol. The van der Waals surface area contributed by atoms with E-state index in [-0.39, 0.29) is 11.9 Å². The number of carbonyl (C=O) groups excluding carboxylic acids is 1. The quantitative estimate of drug-likeness (QED) is 0.628. The van der Waals surface area contributed by atoms with Crippen LogP contribution in [0.3, 0.4) is 0 Å². The van der Waals surface area contributed by atoms with Crippen LogP contribution >= 0.6 is 0 Å². The second-order valence-electron chi connectivity index (χ2n) is 6.79. The van der Waals surface area contributed by atoms with Crippen LogP contribution in [0.5, 0.6) is 17.4 Å². The first-order chi connectivity index (χ1) is 11.9. The maximum absolute atomic E-state index is 11.1. The number of ketones is 1. The minimum Gasteiger partial charge on any atom is -0.475 e. The number of Topliss-reactive ketones (excluding diaryl/α,β-unsaturated/α-hetero) is 1. The van der Waals surface area contributed by atoms with E-state index in [1.807, 2.05) is 32.0 Å². The average molecular weight is 341 g/mol. The zero-order valence-electron chi connectivity index (χ0n) is 15.5. The lowest BCUT2D eigenvalue weighted by molar-refractivity contribution is -0.117. The topological polar surface area (TPSA) is 48.4 Å². The van der Waals surface area contributed by atoms with Crippen molar-refractivity contribution in [2.45, 2.75) is 53.1 Å². The molecule has 2 rings (SSSR count). The van der Waals surface area contributed by atoms with E-state index in [4.69, 9.17) is 9.47 Å². The van der Waals surface area contributed by atoms with Crippen molar-refractivity contribution < 1.29 is 14.3 Å². The number of rotatable bonds is 9. The summed E-state index contributed by atoms with van der Waals surface area (Å²) in [6.45, 7) is 7.71. The molecule has 0 saturated carbocycles. The van der Waals surface area contributed by atoms with Gasteiger partial charge in [0.25, 0.3) is 0 Å². The summed E-state index contributed by atoms with van der Waals surface area (Å²) in [5, 5.41) is 0. The van der Waals surface area contributed by atoms with Gasteiger partial charge in [-0.05, 0) is 63.3 Å². The van der Waals surface area contributed by atoms with Crippen LogP contribution in [0.2, 0.25) is 0 Å². The molecule has 2 aromatic rings. The Morgan fingerprint density at radius 2 is 1.72 bits per heavy atom. The van der Waals surface area contributed by atoms with E-state index < -0.39 is 0 Å². The molecule has 4 nitrogen and oxygen atoms in total. The molecule has 0 N–H and O–H groups in total. The van der Waals surface area contributed by atoms with Gasteiger partial charge in [0.1, 0.15) is 17.3 Å². The lowest BCUT2D eigenvalue weighted by Gasteiger charge is -2.11. The summed E-state index contributed by atoms with van der Waals surface area (Å²) in [5.41, 5.74) is 1.25. The first-order valence-corrected chi connectivity index (χ1v) is 8.81. The van der Waals surface area contributed by atoms with E-state index >= 15 is 0 Å². The fraction of sp³-hybridized carbons (Fsp3) is 0.429. The summed E-state index contributed by atoms with van der Waals surface area (Å²) in [7, 11) is 0. The Morgan fingerprint density at radius 3 is 2.28 bits per heavy atom. The molecule has 1 heterocycles. The van der Waals surface area contributed by atoms with Gasteiger partial charge in [-0.2, -0.15) is 0 Å². The van der Waals surface area contributed by atoms with Crippen molar-refractivity contribution >= 4 is 5.78 Å². The van der Waals surface area contributed by atoms with E-state index in [0.29, 0.717) is 24.0 Å². The summed E-state index contributed by atoms with van der Waals surface area (Å²) in [6.07, 6.45) is 4.41. The maximum Gasteiger partial charge on any atom is 0.213 e. The van der Waals surface area contributed by atoms with Crippen molar-refractivity contribution in [2.75, 3.05) is 0 Å². The molecule has 4 heteroatoms. The van der Waals surface area contributed by atoms with Crippen LogP contribution in [-0.2, 0) is 11.2 Å². The van der Waals surface area contributed by atoms with Crippen molar-refractivity contribution in [1.82, 2.24) is 4.98 Å². The van der Waals surface area contributed by atoms with E-state index in [0.717, 1.165) is 18.6 Å². The molecule has 0 fully saturated rings. The minimum absolute atomic E-state index is 0.102. The lowest BCUT2D eigenvalue weighted by Crippen LogP contribution is -2.06. The number of nitrogens with zero attached hydrogens (tertiary/aromatic N) is 1. The second kappa shape index (κ2) is 9.21. The van der Waals surface area contributed by atoms with Crippen LogP contribution in [0.15, 0.2) is 42.6 Å². The molecule has 0 unspecified atom stereocenters. The number of aromatic nitrogens is 1. The number of hydrogen-bond donors (Lipinski definition) is 0. The highest BCUT2D eigenvalue weighted by Crippen LogP contribution is 2.23. The highest BCUT2D eigenvalue weighted by atomic mass is 16.5. The van der Waals surface area contributed by atoms with Crippen LogP contribution < -0.4 is 9.47 Å². The van der Waals surface area contributed by atoms with Crippen LogP contribution in [0.1, 0.15) is 46.1 Å². The number of aryl methyl sites for hydroxylation is 1. The van der Waals surface area contributed by atoms with Crippen molar-refractivity contribution in [1.29, 1.82) is 0 Å². The zero-order valence-corrected chi connectivity index (χ0v) is 15.5. The van der Waals surface area contributed by atoms with E-state index in [9.17, 15) is 4.79 Å². The standard InChI is InChI=1S/C21H27NO3/c1-15(2)24-21-12-11-20(14-22-21)25-19-9-7-18(8-10-19)6-5-16(3)13-17(4)23/h7-12,14-16H,5-6,13H2,1-4H3/t16-/m0/s1. The number of hydrogen-bond acceptors (Lipinski definition) is 4. The van der Waals surface area contributed by atoms with E-state index in [1.165, 1.54) is 5.56 Å². The molecule has 0 spiro atoms. The highest BCUT2D eigenvalue weighted by molar-refractivity contribution is 5.75. The van der Waals surface area contributed by atoms with Gasteiger partial charge in [-0.25, -0.2) is 4.98 Å². The van der Waals surface area contributed by atoms with E-state index in [2.05, 4.69) is 24.0 Å². The molecule has 1 aromatic heterocycles. The first kappa shape index (κ1) is 19.0. The fourth-order valence-corrected chi connectivity index (χ4v) is 2.60. The average Bonchev–Trinajstić information content (AvgIpc) is 2.55. The maximum atomic E-state index is 11.1. The van der Waals surface area contributed by atoms with Gasteiger partial charge >= 0.3 is 0 Å². The zero-order chi connectivity index (χ0) is 18.2.